The number of aryl methyl sites for hydroxylation is 2. The minimum Gasteiger partial charge on any atom is -0.306 e. The van der Waals surface area contributed by atoms with E-state index in [4.69, 9.17) is 0 Å². The molecule has 0 saturated heterocycles. The highest BCUT2D eigenvalue weighted by Gasteiger charge is 2.16. The van der Waals surface area contributed by atoms with Gasteiger partial charge in [-0.15, -0.1) is 11.8 Å². The quantitative estimate of drug-likeness (QED) is 0.675. The number of hydrogen-bond acceptors (Lipinski definition) is 5. The highest BCUT2D eigenvalue weighted by molar-refractivity contribution is 7.98. The second kappa shape index (κ2) is 7.57. The highest BCUT2D eigenvalue weighted by Crippen LogP contribution is 2.22. The summed E-state index contributed by atoms with van der Waals surface area (Å²) >= 11 is 1.50. The Hall–Kier alpha value is -2.87. The van der Waals surface area contributed by atoms with Gasteiger partial charge in [0.2, 0.25) is 5.95 Å². The van der Waals surface area contributed by atoms with Crippen molar-refractivity contribution < 1.29 is 4.79 Å². The summed E-state index contributed by atoms with van der Waals surface area (Å²) in [6.45, 7) is 3.73. The molecular weight excluding hydrogens is 350 g/mol. The van der Waals surface area contributed by atoms with E-state index in [0.29, 0.717) is 29.2 Å². The fourth-order valence-electron chi connectivity index (χ4n) is 2.54. The average molecular weight is 369 g/mol. The summed E-state index contributed by atoms with van der Waals surface area (Å²) in [5.41, 5.74) is 1.67. The molecule has 0 fully saturated rings. The second-order valence-electron chi connectivity index (χ2n) is 5.65. The van der Waals surface area contributed by atoms with Crippen LogP contribution in [-0.4, -0.2) is 31.9 Å². The van der Waals surface area contributed by atoms with Crippen molar-refractivity contribution in [2.24, 2.45) is 0 Å². The summed E-state index contributed by atoms with van der Waals surface area (Å²) in [5.74, 6) is 0.473. The van der Waals surface area contributed by atoms with E-state index in [0.717, 1.165) is 4.90 Å². The van der Waals surface area contributed by atoms with Crippen molar-refractivity contribution in [3.05, 3.63) is 63.7 Å². The number of amides is 1. The lowest BCUT2D eigenvalue weighted by atomic mass is 10.2. The molecule has 0 unspecified atom stereocenters. The van der Waals surface area contributed by atoms with Crippen molar-refractivity contribution in [3.63, 3.8) is 0 Å². The minimum atomic E-state index is -0.259. The van der Waals surface area contributed by atoms with Gasteiger partial charge in [0.1, 0.15) is 5.82 Å². The van der Waals surface area contributed by atoms with E-state index in [-0.39, 0.29) is 17.4 Å². The molecule has 2 aromatic heterocycles. The predicted molar refractivity (Wildman–Crippen MR) is 102 cm³/mol. The van der Waals surface area contributed by atoms with E-state index in [1.165, 1.54) is 22.5 Å². The fourth-order valence-corrected chi connectivity index (χ4v) is 3.14. The summed E-state index contributed by atoms with van der Waals surface area (Å²) in [6, 6.07) is 10.6. The van der Waals surface area contributed by atoms with Gasteiger partial charge in [-0.05, 0) is 31.7 Å². The van der Waals surface area contributed by atoms with Crippen molar-refractivity contribution in [2.75, 3.05) is 11.6 Å². The first-order chi connectivity index (χ1) is 12.5. The van der Waals surface area contributed by atoms with Crippen LogP contribution in [-0.2, 0) is 6.42 Å². The average Bonchev–Trinajstić information content (AvgIpc) is 3.01. The number of hydrogen-bond donors (Lipinski definition) is 2. The van der Waals surface area contributed by atoms with Gasteiger partial charge >= 0.3 is 0 Å². The molecule has 2 heterocycles. The molecule has 134 valence electrons. The number of rotatable bonds is 5. The van der Waals surface area contributed by atoms with Crippen LogP contribution < -0.4 is 10.9 Å². The van der Waals surface area contributed by atoms with E-state index in [2.05, 4.69) is 20.4 Å². The number of benzene rings is 1. The van der Waals surface area contributed by atoms with Gasteiger partial charge in [-0.1, -0.05) is 19.1 Å². The van der Waals surface area contributed by atoms with Gasteiger partial charge in [-0.3, -0.25) is 14.6 Å². The number of aromatic nitrogens is 4. The maximum Gasteiger partial charge on any atom is 0.257 e. The number of thioether (sulfide) groups is 1. The zero-order valence-corrected chi connectivity index (χ0v) is 15.6. The third kappa shape index (κ3) is 3.70. The maximum atomic E-state index is 12.7. The summed E-state index contributed by atoms with van der Waals surface area (Å²) in [4.78, 5) is 32.5. The zero-order valence-electron chi connectivity index (χ0n) is 14.7. The standard InChI is InChI=1S/C18H19N5O2S/c1-4-12-10-16(24)21-18(19-12)23-15(9-11(2)22-23)20-17(25)13-7-5-6-8-14(13)26-3/h5-10H,4H2,1-3H3,(H,20,25)(H,19,21,24). The van der Waals surface area contributed by atoms with Crippen molar-refractivity contribution >= 4 is 23.5 Å². The molecule has 0 atom stereocenters. The van der Waals surface area contributed by atoms with E-state index in [1.54, 1.807) is 12.1 Å². The number of anilines is 1. The normalized spacial score (nSPS) is 10.7. The number of H-pyrrole nitrogens is 1. The number of carbonyl (C=O) groups is 1. The third-order valence-corrected chi connectivity index (χ3v) is 4.57. The van der Waals surface area contributed by atoms with Crippen LogP contribution in [0.15, 0.2) is 46.1 Å². The Morgan fingerprint density at radius 3 is 2.81 bits per heavy atom. The molecule has 3 aromatic rings. The summed E-state index contributed by atoms with van der Waals surface area (Å²) in [6.07, 6.45) is 2.55. The number of aromatic amines is 1. The van der Waals surface area contributed by atoms with E-state index < -0.39 is 0 Å². The van der Waals surface area contributed by atoms with Gasteiger partial charge in [-0.2, -0.15) is 9.78 Å². The Bertz CT molecular complexity index is 1010. The fraction of sp³-hybridized carbons (Fsp3) is 0.222. The molecule has 0 spiro atoms. The van der Waals surface area contributed by atoms with Crippen LogP contribution in [0.2, 0.25) is 0 Å². The molecular formula is C18H19N5O2S. The van der Waals surface area contributed by atoms with Crippen LogP contribution in [0.25, 0.3) is 5.95 Å². The Morgan fingerprint density at radius 2 is 2.08 bits per heavy atom. The molecule has 0 bridgehead atoms. The van der Waals surface area contributed by atoms with Crippen molar-refractivity contribution in [1.29, 1.82) is 0 Å². The molecule has 26 heavy (non-hydrogen) atoms. The predicted octanol–water partition coefficient (Wildman–Crippen LogP) is 2.80. The molecule has 0 aliphatic carbocycles. The van der Waals surface area contributed by atoms with Crippen LogP contribution >= 0.6 is 11.8 Å². The zero-order chi connectivity index (χ0) is 18.7. The number of nitrogens with zero attached hydrogens (tertiary/aromatic N) is 3. The van der Waals surface area contributed by atoms with E-state index in [9.17, 15) is 9.59 Å². The minimum absolute atomic E-state index is 0.245. The summed E-state index contributed by atoms with van der Waals surface area (Å²) in [5, 5.41) is 7.21. The van der Waals surface area contributed by atoms with Crippen LogP contribution in [0, 0.1) is 6.92 Å². The topological polar surface area (TPSA) is 92.7 Å². The van der Waals surface area contributed by atoms with Gasteiger partial charge < -0.3 is 5.32 Å². The van der Waals surface area contributed by atoms with Crippen molar-refractivity contribution in [1.82, 2.24) is 19.7 Å². The Balaban J connectivity index is 1.99. The lowest BCUT2D eigenvalue weighted by Gasteiger charge is -2.10. The maximum absolute atomic E-state index is 12.7. The molecule has 0 aliphatic rings. The smallest absolute Gasteiger partial charge is 0.257 e. The second-order valence-corrected chi connectivity index (χ2v) is 6.50. The van der Waals surface area contributed by atoms with Crippen molar-refractivity contribution in [3.8, 4) is 5.95 Å². The number of nitrogens with one attached hydrogen (secondary N) is 2. The van der Waals surface area contributed by atoms with Gasteiger partial charge in [0, 0.05) is 22.7 Å². The molecule has 7 nitrogen and oxygen atoms in total. The van der Waals surface area contributed by atoms with Gasteiger partial charge in [0.05, 0.1) is 11.3 Å². The largest absolute Gasteiger partial charge is 0.306 e. The van der Waals surface area contributed by atoms with Crippen LogP contribution in [0.1, 0.15) is 28.7 Å². The Labute approximate surface area is 154 Å². The lowest BCUT2D eigenvalue weighted by molar-refractivity contribution is 0.102. The van der Waals surface area contributed by atoms with Crippen molar-refractivity contribution in [2.45, 2.75) is 25.2 Å². The first-order valence-corrected chi connectivity index (χ1v) is 9.36. The Morgan fingerprint density at radius 1 is 1.31 bits per heavy atom. The SMILES string of the molecule is CCc1cc(=O)[nH]c(-n2nc(C)cc2NC(=O)c2ccccc2SC)n1. The lowest BCUT2D eigenvalue weighted by Crippen LogP contribution is -2.19. The molecule has 0 saturated carbocycles. The van der Waals surface area contributed by atoms with E-state index in [1.807, 2.05) is 38.3 Å². The van der Waals surface area contributed by atoms with Gasteiger partial charge in [0.15, 0.2) is 0 Å². The monoisotopic (exact) mass is 369 g/mol. The summed E-state index contributed by atoms with van der Waals surface area (Å²) < 4.78 is 1.44. The van der Waals surface area contributed by atoms with Crippen LogP contribution in [0.5, 0.6) is 0 Å². The molecule has 8 heteroatoms. The van der Waals surface area contributed by atoms with Gasteiger partial charge in [0.25, 0.3) is 11.5 Å². The first-order valence-electron chi connectivity index (χ1n) is 8.13. The molecule has 1 amide bonds. The van der Waals surface area contributed by atoms with Gasteiger partial charge in [-0.25, -0.2) is 4.98 Å². The number of carbonyl (C=O) groups excluding carboxylic acids is 1. The highest BCUT2D eigenvalue weighted by atomic mass is 32.2. The summed E-state index contributed by atoms with van der Waals surface area (Å²) in [7, 11) is 0. The molecule has 1 aromatic carbocycles. The third-order valence-electron chi connectivity index (χ3n) is 3.77. The van der Waals surface area contributed by atoms with Crippen LogP contribution in [0.4, 0.5) is 5.82 Å². The first kappa shape index (κ1) is 17.9. The molecule has 0 radical (unpaired) electrons. The van der Waals surface area contributed by atoms with Crippen LogP contribution in [0.3, 0.4) is 0 Å². The molecule has 2 N–H and O–H groups in total. The molecule has 3 rings (SSSR count). The Kier molecular flexibility index (Phi) is 5.22. The van der Waals surface area contributed by atoms with E-state index >= 15 is 0 Å². The molecule has 0 aliphatic heterocycles.